The van der Waals surface area contributed by atoms with Crippen molar-refractivity contribution in [3.8, 4) is 11.1 Å². The number of hydrogen-bond acceptors (Lipinski definition) is 6. The van der Waals surface area contributed by atoms with E-state index < -0.39 is 45.4 Å². The van der Waals surface area contributed by atoms with E-state index in [1.165, 1.54) is 12.1 Å². The van der Waals surface area contributed by atoms with Gasteiger partial charge in [-0.1, -0.05) is 114 Å². The van der Waals surface area contributed by atoms with E-state index in [2.05, 4.69) is 20.5 Å². The predicted octanol–water partition coefficient (Wildman–Crippen LogP) is 15.4. The quantitative estimate of drug-likeness (QED) is 0.137. The molecule has 0 heterocycles. The maximum atomic E-state index is 14.8. The lowest BCUT2D eigenvalue weighted by Crippen LogP contribution is -2.21. The van der Waals surface area contributed by atoms with Gasteiger partial charge in [-0.3, -0.25) is 9.59 Å². The lowest BCUT2D eigenvalue weighted by Gasteiger charge is -2.25. The molecular formula is C50H44F6N4O2. The number of hydrogen-bond donors (Lipinski definition) is 0. The summed E-state index contributed by atoms with van der Waals surface area (Å²) in [5.41, 5.74) is -1.10. The van der Waals surface area contributed by atoms with Crippen LogP contribution in [-0.4, -0.2) is 11.6 Å². The van der Waals surface area contributed by atoms with E-state index in [0.29, 0.717) is 56.7 Å². The second-order valence-electron chi connectivity index (χ2n) is 17.1. The van der Waals surface area contributed by atoms with Gasteiger partial charge in [0, 0.05) is 33.4 Å². The standard InChI is InChI=1S/C50H44F6N4O2/c1-29-23-33(25-41(45(29)61)47(3,4)5)43(31-15-11-9-12-16-31)59-57-35-19-21-37(39(27-35)49(51,52)53)38-22-20-36(28-40(38)50(54,55)56)58-60-44(32-17-13-10-14-18-32)34-24-30(2)46(62)42(26-34)48(6,7)8/h9-28H,1-8H3/b43-33+,44-34+,59-57?,60-58?. The molecule has 0 atom stereocenters. The SMILES string of the molecule is CC1=C/C(=C(\N=Nc2ccc(-c3ccc(N=N/C(=C4\C=C(C)C(=O)C(C(C)(C)C)=C4)c4ccccc4)cc3C(F)(F)F)c(C(F)(F)F)c2)c2ccccc2)C=C(C(C)(C)C)C1=O. The van der Waals surface area contributed by atoms with E-state index in [4.69, 9.17) is 0 Å². The second kappa shape index (κ2) is 17.1. The Labute approximate surface area is 356 Å². The minimum absolute atomic E-state index is 0.141. The molecule has 4 aromatic rings. The number of azo groups is 2. The third-order valence-corrected chi connectivity index (χ3v) is 10.2. The molecule has 0 N–H and O–H groups in total. The molecule has 0 radical (unpaired) electrons. The van der Waals surface area contributed by atoms with Gasteiger partial charge in [0.05, 0.1) is 22.5 Å². The summed E-state index contributed by atoms with van der Waals surface area (Å²) in [5.74, 6) is -0.283. The van der Waals surface area contributed by atoms with Crippen molar-refractivity contribution in [1.82, 2.24) is 0 Å². The van der Waals surface area contributed by atoms with Gasteiger partial charge in [0.15, 0.2) is 11.6 Å². The number of carbonyl (C=O) groups excluding carboxylic acids is 2. The Hall–Kier alpha value is -6.56. The van der Waals surface area contributed by atoms with Crippen molar-refractivity contribution in [3.63, 3.8) is 0 Å². The van der Waals surface area contributed by atoms with Gasteiger partial charge in [0.1, 0.15) is 11.4 Å². The zero-order chi connectivity index (χ0) is 45.4. The van der Waals surface area contributed by atoms with Gasteiger partial charge < -0.3 is 0 Å². The number of halogens is 6. The van der Waals surface area contributed by atoms with Crippen LogP contribution in [-0.2, 0) is 21.9 Å². The van der Waals surface area contributed by atoms with E-state index >= 15 is 0 Å². The van der Waals surface area contributed by atoms with E-state index in [1.807, 2.05) is 41.5 Å². The molecule has 62 heavy (non-hydrogen) atoms. The molecule has 6 rings (SSSR count). The zero-order valence-electron chi connectivity index (χ0n) is 35.4. The summed E-state index contributed by atoms with van der Waals surface area (Å²) >= 11 is 0. The Morgan fingerprint density at radius 3 is 1.11 bits per heavy atom. The first-order valence-corrected chi connectivity index (χ1v) is 19.7. The third-order valence-electron chi connectivity index (χ3n) is 10.2. The third kappa shape index (κ3) is 9.96. The number of nitrogens with zero attached hydrogens (tertiary/aromatic N) is 4. The summed E-state index contributed by atoms with van der Waals surface area (Å²) in [5, 5.41) is 17.1. The number of alkyl halides is 6. The molecule has 0 fully saturated rings. The lowest BCUT2D eigenvalue weighted by atomic mass is 9.78. The average Bonchev–Trinajstić information content (AvgIpc) is 3.19. The van der Waals surface area contributed by atoms with Crippen LogP contribution in [0.2, 0.25) is 0 Å². The first kappa shape index (κ1) is 45.0. The van der Waals surface area contributed by atoms with E-state index in [9.17, 15) is 35.9 Å². The molecule has 2 aliphatic carbocycles. The molecule has 4 aromatic carbocycles. The first-order valence-electron chi connectivity index (χ1n) is 19.7. The number of ketones is 2. The van der Waals surface area contributed by atoms with Crippen LogP contribution in [0.5, 0.6) is 0 Å². The van der Waals surface area contributed by atoms with E-state index in [0.717, 1.165) is 12.1 Å². The van der Waals surface area contributed by atoms with Gasteiger partial charge in [-0.05, 0) is 95.5 Å². The van der Waals surface area contributed by atoms with Gasteiger partial charge in [-0.25, -0.2) is 0 Å². The van der Waals surface area contributed by atoms with Gasteiger partial charge >= 0.3 is 12.4 Å². The molecule has 318 valence electrons. The minimum atomic E-state index is -5.10. The van der Waals surface area contributed by atoms with Crippen molar-refractivity contribution in [3.05, 3.63) is 177 Å². The summed E-state index contributed by atoms with van der Waals surface area (Å²) < 4.78 is 89.0. The summed E-state index contributed by atoms with van der Waals surface area (Å²) in [4.78, 5) is 26.1. The molecule has 0 bridgehead atoms. The van der Waals surface area contributed by atoms with Crippen molar-refractivity contribution < 1.29 is 35.9 Å². The Kier molecular flexibility index (Phi) is 12.4. The summed E-state index contributed by atoms with van der Waals surface area (Å²) in [6.07, 6.45) is -3.53. The van der Waals surface area contributed by atoms with Crippen molar-refractivity contribution >= 4 is 34.3 Å². The summed E-state index contributed by atoms with van der Waals surface area (Å²) in [6.45, 7) is 14.7. The zero-order valence-corrected chi connectivity index (χ0v) is 35.4. The molecule has 0 unspecified atom stereocenters. The van der Waals surface area contributed by atoms with Crippen molar-refractivity contribution in [2.45, 2.75) is 67.7 Å². The highest BCUT2D eigenvalue weighted by Gasteiger charge is 2.39. The Morgan fingerprint density at radius 1 is 0.468 bits per heavy atom. The van der Waals surface area contributed by atoms with Crippen molar-refractivity contribution in [2.24, 2.45) is 31.3 Å². The van der Waals surface area contributed by atoms with Crippen LogP contribution in [0.15, 0.2) is 175 Å². The molecule has 0 saturated carbocycles. The fraction of sp³-hybridized carbons (Fsp3) is 0.240. The fourth-order valence-corrected chi connectivity index (χ4v) is 7.03. The van der Waals surface area contributed by atoms with Crippen LogP contribution in [0.4, 0.5) is 37.7 Å². The minimum Gasteiger partial charge on any atom is -0.289 e. The molecule has 0 amide bonds. The largest absolute Gasteiger partial charge is 0.417 e. The average molecular weight is 847 g/mol. The molecule has 0 aliphatic heterocycles. The van der Waals surface area contributed by atoms with Crippen LogP contribution in [0.3, 0.4) is 0 Å². The Morgan fingerprint density at radius 2 is 0.806 bits per heavy atom. The van der Waals surface area contributed by atoms with Crippen LogP contribution >= 0.6 is 0 Å². The number of carbonyl (C=O) groups is 2. The fourth-order valence-electron chi connectivity index (χ4n) is 7.03. The number of benzene rings is 4. The van der Waals surface area contributed by atoms with Gasteiger partial charge in [-0.2, -0.15) is 36.6 Å². The highest BCUT2D eigenvalue weighted by molar-refractivity contribution is 6.12. The van der Waals surface area contributed by atoms with Crippen LogP contribution in [0.25, 0.3) is 22.5 Å². The topological polar surface area (TPSA) is 83.6 Å². The molecule has 6 nitrogen and oxygen atoms in total. The molecule has 0 saturated heterocycles. The number of Topliss-reactive ketones (excluding diaryl/α,β-unsaturated/α-hetero) is 2. The number of rotatable bonds is 7. The number of allylic oxidation sites excluding steroid dienone is 10. The highest BCUT2D eigenvalue weighted by Crippen LogP contribution is 2.46. The normalized spacial score (nSPS) is 17.3. The summed E-state index contributed by atoms with van der Waals surface area (Å²) in [7, 11) is 0. The smallest absolute Gasteiger partial charge is 0.289 e. The Balaban J connectivity index is 1.45. The highest BCUT2D eigenvalue weighted by atomic mass is 19.4. The summed E-state index contributed by atoms with van der Waals surface area (Å²) in [6, 6.07) is 23.1. The molecule has 0 aromatic heterocycles. The maximum absolute atomic E-state index is 14.8. The monoisotopic (exact) mass is 846 g/mol. The molecular weight excluding hydrogens is 803 g/mol. The van der Waals surface area contributed by atoms with E-state index in [-0.39, 0.29) is 34.3 Å². The van der Waals surface area contributed by atoms with Crippen LogP contribution < -0.4 is 0 Å². The van der Waals surface area contributed by atoms with Gasteiger partial charge in [-0.15, -0.1) is 10.2 Å². The second-order valence-corrected chi connectivity index (χ2v) is 17.1. The van der Waals surface area contributed by atoms with Crippen LogP contribution in [0, 0.1) is 10.8 Å². The molecule has 2 aliphatic rings. The predicted molar refractivity (Wildman–Crippen MR) is 230 cm³/mol. The Bertz CT molecular complexity index is 2510. The van der Waals surface area contributed by atoms with Crippen LogP contribution in [0.1, 0.15) is 77.6 Å². The lowest BCUT2D eigenvalue weighted by molar-refractivity contribution is -0.139. The van der Waals surface area contributed by atoms with Crippen molar-refractivity contribution in [1.29, 1.82) is 0 Å². The molecule has 12 heteroatoms. The first-order chi connectivity index (χ1) is 28.9. The van der Waals surface area contributed by atoms with Gasteiger partial charge in [0.25, 0.3) is 0 Å². The maximum Gasteiger partial charge on any atom is 0.417 e. The van der Waals surface area contributed by atoms with Gasteiger partial charge in [0.2, 0.25) is 0 Å². The van der Waals surface area contributed by atoms with Crippen molar-refractivity contribution in [2.75, 3.05) is 0 Å². The van der Waals surface area contributed by atoms with E-state index in [1.54, 1.807) is 98.8 Å². The molecule has 0 spiro atoms.